The molecule has 2 atom stereocenters. The summed E-state index contributed by atoms with van der Waals surface area (Å²) >= 11 is 3.59. The predicted octanol–water partition coefficient (Wildman–Crippen LogP) is 4.01. The quantitative estimate of drug-likeness (QED) is 0.777. The van der Waals surface area contributed by atoms with Gasteiger partial charge < -0.3 is 5.73 Å². The van der Waals surface area contributed by atoms with E-state index < -0.39 is 0 Å². The SMILES string of the molecule is NC1c2ccccc2CC1Sc1nc2ccccc2s1. The average Bonchev–Trinajstić information content (AvgIpc) is 3.01. The van der Waals surface area contributed by atoms with Crippen LogP contribution in [0.4, 0.5) is 0 Å². The highest BCUT2D eigenvalue weighted by Gasteiger charge is 2.30. The normalized spacial score (nSPS) is 21.2. The molecular weight excluding hydrogens is 284 g/mol. The van der Waals surface area contributed by atoms with E-state index in [1.165, 1.54) is 15.8 Å². The number of aromatic nitrogens is 1. The Balaban J connectivity index is 1.61. The Morgan fingerprint density at radius 3 is 2.75 bits per heavy atom. The van der Waals surface area contributed by atoms with Crippen molar-refractivity contribution in [2.24, 2.45) is 5.73 Å². The van der Waals surface area contributed by atoms with E-state index in [1.54, 1.807) is 11.3 Å². The highest BCUT2D eigenvalue weighted by molar-refractivity contribution is 8.01. The first-order chi connectivity index (χ1) is 9.81. The third-order valence-electron chi connectivity index (χ3n) is 3.76. The summed E-state index contributed by atoms with van der Waals surface area (Å²) in [5.41, 5.74) is 10.2. The summed E-state index contributed by atoms with van der Waals surface area (Å²) in [5, 5.41) is 0.396. The van der Waals surface area contributed by atoms with E-state index in [2.05, 4.69) is 42.5 Å². The summed E-state index contributed by atoms with van der Waals surface area (Å²) in [6.45, 7) is 0. The van der Waals surface area contributed by atoms with Crippen LogP contribution in [0.15, 0.2) is 52.9 Å². The fraction of sp³-hybridized carbons (Fsp3) is 0.188. The van der Waals surface area contributed by atoms with E-state index in [4.69, 9.17) is 10.7 Å². The molecule has 1 heterocycles. The van der Waals surface area contributed by atoms with Gasteiger partial charge in [0, 0.05) is 11.3 Å². The van der Waals surface area contributed by atoms with Crippen LogP contribution in [0.1, 0.15) is 17.2 Å². The minimum Gasteiger partial charge on any atom is -0.323 e. The van der Waals surface area contributed by atoms with E-state index in [9.17, 15) is 0 Å². The smallest absolute Gasteiger partial charge is 0.151 e. The van der Waals surface area contributed by atoms with Crippen molar-refractivity contribution in [3.63, 3.8) is 0 Å². The van der Waals surface area contributed by atoms with Crippen molar-refractivity contribution < 1.29 is 0 Å². The van der Waals surface area contributed by atoms with Crippen LogP contribution >= 0.6 is 23.1 Å². The third kappa shape index (κ3) is 2.04. The van der Waals surface area contributed by atoms with Gasteiger partial charge in [-0.2, -0.15) is 0 Å². The number of hydrogen-bond donors (Lipinski definition) is 1. The minimum absolute atomic E-state index is 0.114. The lowest BCUT2D eigenvalue weighted by Gasteiger charge is -2.13. The van der Waals surface area contributed by atoms with E-state index in [-0.39, 0.29) is 6.04 Å². The largest absolute Gasteiger partial charge is 0.323 e. The van der Waals surface area contributed by atoms with Crippen molar-refractivity contribution in [2.75, 3.05) is 0 Å². The van der Waals surface area contributed by atoms with Crippen LogP contribution in [0.2, 0.25) is 0 Å². The minimum atomic E-state index is 0.114. The molecular formula is C16H14N2S2. The molecule has 0 saturated carbocycles. The summed E-state index contributed by atoms with van der Waals surface area (Å²) in [7, 11) is 0. The summed E-state index contributed by atoms with van der Waals surface area (Å²) in [4.78, 5) is 4.70. The van der Waals surface area contributed by atoms with Gasteiger partial charge in [0.25, 0.3) is 0 Å². The van der Waals surface area contributed by atoms with Crippen molar-refractivity contribution >= 4 is 33.3 Å². The molecule has 2 aromatic carbocycles. The first kappa shape index (κ1) is 12.4. The molecule has 0 saturated heterocycles. The summed E-state index contributed by atoms with van der Waals surface area (Å²) in [6.07, 6.45) is 1.04. The predicted molar refractivity (Wildman–Crippen MR) is 86.3 cm³/mol. The molecule has 2 unspecified atom stereocenters. The van der Waals surface area contributed by atoms with Crippen LogP contribution < -0.4 is 5.73 Å². The van der Waals surface area contributed by atoms with Crippen molar-refractivity contribution in [3.8, 4) is 0 Å². The maximum Gasteiger partial charge on any atom is 0.151 e. The van der Waals surface area contributed by atoms with Gasteiger partial charge in [-0.15, -0.1) is 11.3 Å². The lowest BCUT2D eigenvalue weighted by Crippen LogP contribution is -2.18. The Kier molecular flexibility index (Phi) is 3.02. The van der Waals surface area contributed by atoms with Gasteiger partial charge in [0.05, 0.1) is 10.2 Å². The summed E-state index contributed by atoms with van der Waals surface area (Å²) < 4.78 is 2.37. The fourth-order valence-corrected chi connectivity index (χ4v) is 5.23. The molecule has 2 nitrogen and oxygen atoms in total. The second-order valence-electron chi connectivity index (χ2n) is 5.03. The Morgan fingerprint density at radius 2 is 1.90 bits per heavy atom. The van der Waals surface area contributed by atoms with Crippen LogP contribution in [0.3, 0.4) is 0 Å². The van der Waals surface area contributed by atoms with Crippen LogP contribution in [0.5, 0.6) is 0 Å². The number of thiazole rings is 1. The number of fused-ring (bicyclic) bond motifs is 2. The topological polar surface area (TPSA) is 38.9 Å². The van der Waals surface area contributed by atoms with Crippen LogP contribution in [-0.2, 0) is 6.42 Å². The Hall–Kier alpha value is -1.36. The number of thioether (sulfide) groups is 1. The van der Waals surface area contributed by atoms with Gasteiger partial charge >= 0.3 is 0 Å². The van der Waals surface area contributed by atoms with Crippen LogP contribution in [-0.4, -0.2) is 10.2 Å². The molecule has 0 radical (unpaired) electrons. The molecule has 3 aromatic rings. The molecule has 1 aliphatic rings. The zero-order valence-electron chi connectivity index (χ0n) is 10.8. The number of rotatable bonds is 2. The van der Waals surface area contributed by atoms with Gasteiger partial charge in [-0.25, -0.2) is 4.98 Å². The first-order valence-electron chi connectivity index (χ1n) is 6.67. The molecule has 1 aromatic heterocycles. The Labute approximate surface area is 126 Å². The van der Waals surface area contributed by atoms with Crippen LogP contribution in [0, 0.1) is 0 Å². The van der Waals surface area contributed by atoms with Gasteiger partial charge in [0.1, 0.15) is 0 Å². The van der Waals surface area contributed by atoms with Gasteiger partial charge in [-0.3, -0.25) is 0 Å². The van der Waals surface area contributed by atoms with Gasteiger partial charge in [-0.1, -0.05) is 48.2 Å². The van der Waals surface area contributed by atoms with E-state index in [0.29, 0.717) is 5.25 Å². The van der Waals surface area contributed by atoms with Crippen molar-refractivity contribution in [2.45, 2.75) is 22.1 Å². The molecule has 4 rings (SSSR count). The molecule has 100 valence electrons. The zero-order valence-corrected chi connectivity index (χ0v) is 12.5. The van der Waals surface area contributed by atoms with Gasteiger partial charge in [-0.05, 0) is 29.7 Å². The average molecular weight is 298 g/mol. The van der Waals surface area contributed by atoms with Gasteiger partial charge in [0.2, 0.25) is 0 Å². The second kappa shape index (κ2) is 4.88. The lowest BCUT2D eigenvalue weighted by molar-refractivity contribution is 0.731. The standard InChI is InChI=1S/C16H14N2S2/c17-15-11-6-2-1-5-10(11)9-14(15)20-16-18-12-7-3-4-8-13(12)19-16/h1-8,14-15H,9,17H2. The maximum atomic E-state index is 6.39. The molecule has 0 amide bonds. The van der Waals surface area contributed by atoms with E-state index in [1.807, 2.05) is 17.8 Å². The lowest BCUT2D eigenvalue weighted by atomic mass is 10.1. The molecule has 0 bridgehead atoms. The molecule has 4 heteroatoms. The zero-order chi connectivity index (χ0) is 13.5. The first-order valence-corrected chi connectivity index (χ1v) is 8.36. The third-order valence-corrected chi connectivity index (χ3v) is 6.19. The van der Waals surface area contributed by atoms with Crippen molar-refractivity contribution in [1.29, 1.82) is 0 Å². The fourth-order valence-electron chi connectivity index (χ4n) is 2.74. The number of para-hydroxylation sites is 1. The van der Waals surface area contributed by atoms with E-state index >= 15 is 0 Å². The van der Waals surface area contributed by atoms with Crippen LogP contribution in [0.25, 0.3) is 10.2 Å². The Morgan fingerprint density at radius 1 is 1.10 bits per heavy atom. The molecule has 0 aliphatic heterocycles. The number of benzene rings is 2. The number of nitrogens with zero attached hydrogens (tertiary/aromatic N) is 1. The Bertz CT molecular complexity index is 733. The molecule has 2 N–H and O–H groups in total. The molecule has 0 spiro atoms. The molecule has 1 aliphatic carbocycles. The van der Waals surface area contributed by atoms with E-state index in [0.717, 1.165) is 16.3 Å². The number of nitrogens with two attached hydrogens (primary N) is 1. The maximum absolute atomic E-state index is 6.39. The van der Waals surface area contributed by atoms with Crippen molar-refractivity contribution in [3.05, 3.63) is 59.7 Å². The molecule has 0 fully saturated rings. The summed E-state index contributed by atoms with van der Waals surface area (Å²) in [6, 6.07) is 16.9. The highest BCUT2D eigenvalue weighted by Crippen LogP contribution is 2.42. The summed E-state index contributed by atoms with van der Waals surface area (Å²) in [5.74, 6) is 0. The second-order valence-corrected chi connectivity index (χ2v) is 7.55. The highest BCUT2D eigenvalue weighted by atomic mass is 32.2. The monoisotopic (exact) mass is 298 g/mol. The molecule has 20 heavy (non-hydrogen) atoms. The van der Waals surface area contributed by atoms with Crippen molar-refractivity contribution in [1.82, 2.24) is 4.98 Å². The number of hydrogen-bond acceptors (Lipinski definition) is 4. The van der Waals surface area contributed by atoms with Gasteiger partial charge in [0.15, 0.2) is 4.34 Å².